The fourth-order valence-electron chi connectivity index (χ4n) is 6.68. The fourth-order valence-corrected chi connectivity index (χ4v) is 6.68. The lowest BCUT2D eigenvalue weighted by Gasteiger charge is -2.47. The highest BCUT2D eigenvalue weighted by Crippen LogP contribution is 2.40. The number of urea groups is 1. The number of anilines is 1. The van der Waals surface area contributed by atoms with Crippen molar-refractivity contribution >= 4 is 23.5 Å². The van der Waals surface area contributed by atoms with Crippen LogP contribution in [0.25, 0.3) is 0 Å². The summed E-state index contributed by atoms with van der Waals surface area (Å²) in [7, 11) is 2.94. The standard InChI is InChI=1S/C31H32N4O7/c1-41-23-9-7-22(8-10-23)35-29(39)31(28(38)32-30(35)40,14-19-6-11-25(36)26(13-19)42-2)18-33-15-20-12-21(17-33)24-4-3-5-27(37)34(24)16-20/h3-11,13,20-21,36H,12,14-18H2,1-2H3,(H,32,38,40)/t20-,21-,31+/m1/s1. The van der Waals surface area contributed by atoms with Crippen molar-refractivity contribution in [2.24, 2.45) is 11.3 Å². The second-order valence-corrected chi connectivity index (χ2v) is 11.3. The summed E-state index contributed by atoms with van der Waals surface area (Å²) in [6.45, 7) is 1.78. The molecular weight excluding hydrogens is 540 g/mol. The second kappa shape index (κ2) is 10.6. The van der Waals surface area contributed by atoms with Crippen LogP contribution >= 0.6 is 0 Å². The van der Waals surface area contributed by atoms with E-state index >= 15 is 0 Å². The number of benzene rings is 2. The van der Waals surface area contributed by atoms with Gasteiger partial charge in [-0.1, -0.05) is 12.1 Å². The first-order valence-electron chi connectivity index (χ1n) is 13.8. The van der Waals surface area contributed by atoms with Crippen LogP contribution < -0.4 is 25.2 Å². The van der Waals surface area contributed by atoms with E-state index in [2.05, 4.69) is 10.2 Å². The molecule has 3 aliphatic heterocycles. The van der Waals surface area contributed by atoms with E-state index in [1.807, 2.05) is 10.6 Å². The number of methoxy groups -OCH3 is 2. The fraction of sp³-hybridized carbons (Fsp3) is 0.355. The Bertz CT molecular complexity index is 1620. The molecule has 0 saturated carbocycles. The molecule has 2 N–H and O–H groups in total. The number of nitrogens with one attached hydrogen (secondary N) is 1. The van der Waals surface area contributed by atoms with E-state index in [1.165, 1.54) is 20.3 Å². The van der Waals surface area contributed by atoms with Gasteiger partial charge in [0.15, 0.2) is 11.5 Å². The molecule has 11 heteroatoms. The minimum absolute atomic E-state index is 0.0242. The number of rotatable bonds is 7. The molecule has 0 unspecified atom stereocenters. The third-order valence-corrected chi connectivity index (χ3v) is 8.60. The number of likely N-dealkylation sites (tertiary alicyclic amines) is 1. The highest BCUT2D eigenvalue weighted by atomic mass is 16.5. The van der Waals surface area contributed by atoms with Gasteiger partial charge in [-0.3, -0.25) is 19.7 Å². The van der Waals surface area contributed by atoms with Crippen molar-refractivity contribution in [3.63, 3.8) is 0 Å². The Morgan fingerprint density at radius 2 is 1.74 bits per heavy atom. The quantitative estimate of drug-likeness (QED) is 0.413. The number of hydrogen-bond acceptors (Lipinski definition) is 8. The predicted octanol–water partition coefficient (Wildman–Crippen LogP) is 2.50. The van der Waals surface area contributed by atoms with Crippen LogP contribution in [0.3, 0.4) is 0 Å². The van der Waals surface area contributed by atoms with Crippen LogP contribution in [-0.4, -0.2) is 66.3 Å². The number of hydrogen-bond donors (Lipinski definition) is 2. The van der Waals surface area contributed by atoms with Crippen LogP contribution in [0.1, 0.15) is 23.6 Å². The van der Waals surface area contributed by atoms with Gasteiger partial charge >= 0.3 is 6.03 Å². The van der Waals surface area contributed by atoms with Crippen LogP contribution in [0, 0.1) is 11.3 Å². The van der Waals surface area contributed by atoms with Crippen molar-refractivity contribution in [2.45, 2.75) is 25.3 Å². The van der Waals surface area contributed by atoms with Gasteiger partial charge in [0, 0.05) is 43.9 Å². The average Bonchev–Trinajstić information content (AvgIpc) is 2.98. The molecular formula is C31H32N4O7. The number of fused-ring (bicyclic) bond motifs is 4. The van der Waals surface area contributed by atoms with Crippen LogP contribution in [0.5, 0.6) is 17.2 Å². The van der Waals surface area contributed by atoms with Crippen molar-refractivity contribution in [3.8, 4) is 17.2 Å². The van der Waals surface area contributed by atoms with E-state index < -0.39 is 23.3 Å². The maximum atomic E-state index is 14.5. The number of pyridine rings is 1. The molecule has 6 rings (SSSR count). The molecule has 4 heterocycles. The summed E-state index contributed by atoms with van der Waals surface area (Å²) in [4.78, 5) is 57.1. The number of barbiturate groups is 1. The molecule has 3 aromatic rings. The zero-order chi connectivity index (χ0) is 29.6. The van der Waals surface area contributed by atoms with Gasteiger partial charge in [0.1, 0.15) is 11.2 Å². The molecule has 0 radical (unpaired) electrons. The van der Waals surface area contributed by atoms with E-state index in [9.17, 15) is 24.3 Å². The Labute approximate surface area is 242 Å². The van der Waals surface area contributed by atoms with Gasteiger partial charge < -0.3 is 24.0 Å². The van der Waals surface area contributed by atoms with Crippen LogP contribution in [0.4, 0.5) is 10.5 Å². The summed E-state index contributed by atoms with van der Waals surface area (Å²) in [6, 6.07) is 15.7. The Balaban J connectivity index is 1.39. The lowest BCUT2D eigenvalue weighted by molar-refractivity contribution is -0.144. The number of aromatic hydroxyl groups is 1. The number of piperidine rings is 1. The zero-order valence-corrected chi connectivity index (χ0v) is 23.4. The van der Waals surface area contributed by atoms with Crippen LogP contribution in [-0.2, 0) is 22.6 Å². The van der Waals surface area contributed by atoms with Gasteiger partial charge in [-0.15, -0.1) is 0 Å². The minimum atomic E-state index is -1.67. The van der Waals surface area contributed by atoms with Crippen molar-refractivity contribution in [1.29, 1.82) is 0 Å². The third kappa shape index (κ3) is 4.69. The summed E-state index contributed by atoms with van der Waals surface area (Å²) < 4.78 is 12.3. The molecule has 42 heavy (non-hydrogen) atoms. The lowest BCUT2D eigenvalue weighted by atomic mass is 9.75. The SMILES string of the molecule is COc1ccc(N2C(=O)NC(=O)[C@](Cc3ccc(O)c(OC)c3)(CN3C[C@H]4C[C@H](C3)c3cccc(=O)n3C4)C2=O)cc1. The second-order valence-electron chi connectivity index (χ2n) is 11.3. The van der Waals surface area contributed by atoms with E-state index in [-0.39, 0.29) is 41.9 Å². The molecule has 2 fully saturated rings. The molecule has 2 saturated heterocycles. The molecule has 218 valence electrons. The Hall–Kier alpha value is -4.64. The summed E-state index contributed by atoms with van der Waals surface area (Å²) in [5.41, 5.74) is 0.158. The van der Waals surface area contributed by atoms with Crippen molar-refractivity contribution in [1.82, 2.24) is 14.8 Å². The molecule has 11 nitrogen and oxygen atoms in total. The first kappa shape index (κ1) is 27.5. The number of ether oxygens (including phenoxy) is 2. The number of imide groups is 2. The number of aromatic nitrogens is 1. The van der Waals surface area contributed by atoms with Crippen molar-refractivity contribution < 1.29 is 29.0 Å². The van der Waals surface area contributed by atoms with E-state index in [0.717, 1.165) is 17.0 Å². The van der Waals surface area contributed by atoms with Gasteiger partial charge in [0.2, 0.25) is 5.91 Å². The number of phenols is 1. The molecule has 4 amide bonds. The van der Waals surface area contributed by atoms with Gasteiger partial charge in [0.05, 0.1) is 19.9 Å². The van der Waals surface area contributed by atoms with Gasteiger partial charge in [-0.05, 0) is 66.8 Å². The molecule has 2 aromatic carbocycles. The normalized spacial score (nSPS) is 23.8. The van der Waals surface area contributed by atoms with Crippen LogP contribution in [0.2, 0.25) is 0 Å². The maximum absolute atomic E-state index is 14.5. The summed E-state index contributed by atoms with van der Waals surface area (Å²) >= 11 is 0. The molecule has 2 bridgehead atoms. The van der Waals surface area contributed by atoms with Gasteiger partial charge in [-0.25, -0.2) is 9.69 Å². The topological polar surface area (TPSA) is 130 Å². The number of carbonyl (C=O) groups is 3. The van der Waals surface area contributed by atoms with E-state index in [1.54, 1.807) is 48.5 Å². The third-order valence-electron chi connectivity index (χ3n) is 8.60. The Kier molecular flexibility index (Phi) is 6.97. The van der Waals surface area contributed by atoms with Crippen molar-refractivity contribution in [3.05, 3.63) is 82.3 Å². The zero-order valence-electron chi connectivity index (χ0n) is 23.4. The molecule has 3 atom stereocenters. The number of amides is 4. The molecule has 3 aliphatic rings. The van der Waals surface area contributed by atoms with Gasteiger partial charge in [0.25, 0.3) is 11.5 Å². The number of nitrogens with zero attached hydrogens (tertiary/aromatic N) is 3. The summed E-state index contributed by atoms with van der Waals surface area (Å²) in [6.07, 6.45) is 0.884. The Morgan fingerprint density at radius 1 is 0.952 bits per heavy atom. The van der Waals surface area contributed by atoms with Crippen molar-refractivity contribution in [2.75, 3.05) is 38.8 Å². The smallest absolute Gasteiger partial charge is 0.335 e. The monoisotopic (exact) mass is 572 g/mol. The van der Waals surface area contributed by atoms with Gasteiger partial charge in [-0.2, -0.15) is 0 Å². The predicted molar refractivity (Wildman–Crippen MR) is 153 cm³/mol. The van der Waals surface area contributed by atoms with Crippen LogP contribution in [0.15, 0.2) is 65.5 Å². The number of carbonyl (C=O) groups excluding carboxylic acids is 3. The molecule has 0 aliphatic carbocycles. The first-order chi connectivity index (χ1) is 20.2. The maximum Gasteiger partial charge on any atom is 0.335 e. The minimum Gasteiger partial charge on any atom is -0.504 e. The summed E-state index contributed by atoms with van der Waals surface area (Å²) in [5, 5.41) is 12.6. The highest BCUT2D eigenvalue weighted by molar-refractivity contribution is 6.30. The molecule has 0 spiro atoms. The average molecular weight is 573 g/mol. The largest absolute Gasteiger partial charge is 0.504 e. The highest BCUT2D eigenvalue weighted by Gasteiger charge is 2.56. The lowest BCUT2D eigenvalue weighted by Crippen LogP contribution is -2.68. The van der Waals surface area contributed by atoms with E-state index in [0.29, 0.717) is 36.6 Å². The van der Waals surface area contributed by atoms with E-state index in [4.69, 9.17) is 9.47 Å². The number of phenolic OH excluding ortho intramolecular Hbond substituents is 1. The summed E-state index contributed by atoms with van der Waals surface area (Å²) in [5.74, 6) is -0.378. The first-order valence-corrected chi connectivity index (χ1v) is 13.8. The molecule has 1 aromatic heterocycles. The Morgan fingerprint density at radius 3 is 2.48 bits per heavy atom.